The first-order valence-electron chi connectivity index (χ1n) is 6.11. The van der Waals surface area contributed by atoms with Crippen molar-refractivity contribution in [3.63, 3.8) is 0 Å². The van der Waals surface area contributed by atoms with Crippen molar-refractivity contribution in [2.45, 2.75) is 18.3 Å². The average Bonchev–Trinajstić information content (AvgIpc) is 2.44. The molecule has 0 spiro atoms. The van der Waals surface area contributed by atoms with E-state index in [0.717, 1.165) is 5.56 Å². The Balaban J connectivity index is 2.05. The Morgan fingerprint density at radius 2 is 2.21 bits per heavy atom. The third-order valence-electron chi connectivity index (χ3n) is 3.09. The molecule has 0 radical (unpaired) electrons. The van der Waals surface area contributed by atoms with Crippen molar-refractivity contribution < 1.29 is 18.3 Å². The van der Waals surface area contributed by atoms with Crippen LogP contribution in [0, 0.1) is 0 Å². The molecule has 1 heterocycles. The summed E-state index contributed by atoms with van der Waals surface area (Å²) in [4.78, 5) is 12.0. The summed E-state index contributed by atoms with van der Waals surface area (Å²) >= 11 is 0. The number of para-hydroxylation sites is 1. The van der Waals surface area contributed by atoms with E-state index >= 15 is 0 Å². The molecule has 1 atom stereocenters. The van der Waals surface area contributed by atoms with Gasteiger partial charge in [0.05, 0.1) is 25.6 Å². The van der Waals surface area contributed by atoms with Gasteiger partial charge in [0.25, 0.3) is 5.92 Å². The number of alkyl halides is 2. The highest BCUT2D eigenvalue weighted by molar-refractivity contribution is 5.84. The summed E-state index contributed by atoms with van der Waals surface area (Å²) in [5.74, 6) is -3.29. The summed E-state index contributed by atoms with van der Waals surface area (Å²) in [5.41, 5.74) is 5.66. The van der Waals surface area contributed by atoms with Crippen LogP contribution in [0.5, 0.6) is 5.75 Å². The number of hydrogen-bond acceptors (Lipinski definition) is 3. The number of carbonyl (C=O) groups is 1. The molecule has 4 nitrogen and oxygen atoms in total. The molecule has 6 heteroatoms. The van der Waals surface area contributed by atoms with E-state index in [9.17, 15) is 13.6 Å². The predicted octanol–water partition coefficient (Wildman–Crippen LogP) is 1.26. The maximum atomic E-state index is 13.0. The summed E-state index contributed by atoms with van der Waals surface area (Å²) in [7, 11) is 0. The van der Waals surface area contributed by atoms with Crippen LogP contribution in [0.4, 0.5) is 8.78 Å². The first kappa shape index (κ1) is 13.7. The first-order valence-corrected chi connectivity index (χ1v) is 6.11. The van der Waals surface area contributed by atoms with Crippen LogP contribution in [-0.2, 0) is 4.79 Å². The van der Waals surface area contributed by atoms with E-state index in [4.69, 9.17) is 10.5 Å². The van der Waals surface area contributed by atoms with Gasteiger partial charge in [-0.3, -0.25) is 4.79 Å². The van der Waals surface area contributed by atoms with Gasteiger partial charge in [0.2, 0.25) is 5.91 Å². The molecule has 0 unspecified atom stereocenters. The molecule has 3 N–H and O–H groups in total. The number of nitrogens with two attached hydrogens (primary N) is 1. The molecule has 1 amide bonds. The van der Waals surface area contributed by atoms with E-state index in [1.165, 1.54) is 0 Å². The van der Waals surface area contributed by atoms with Crippen LogP contribution in [0.2, 0.25) is 0 Å². The molecular weight excluding hydrogens is 254 g/mol. The fourth-order valence-electron chi connectivity index (χ4n) is 2.03. The standard InChI is InChI=1S/C13H16F2N2O2/c14-13(15,7-16)8-17-12(18)10-5-6-19-11-4-2-1-3-9(10)11/h1-4,10H,5-8,16H2,(H,17,18)/t10-/m0/s1. The number of ether oxygens (including phenoxy) is 1. The highest BCUT2D eigenvalue weighted by Crippen LogP contribution is 2.33. The van der Waals surface area contributed by atoms with E-state index in [-0.39, 0.29) is 0 Å². The topological polar surface area (TPSA) is 64.3 Å². The zero-order chi connectivity index (χ0) is 13.9. The second kappa shape index (κ2) is 5.52. The Hall–Kier alpha value is -1.69. The van der Waals surface area contributed by atoms with Gasteiger partial charge in [0, 0.05) is 5.56 Å². The fraction of sp³-hybridized carbons (Fsp3) is 0.462. The van der Waals surface area contributed by atoms with Crippen LogP contribution in [-0.4, -0.2) is 31.5 Å². The monoisotopic (exact) mass is 270 g/mol. The minimum atomic E-state index is -3.07. The molecule has 1 aromatic carbocycles. The molecular formula is C13H16F2N2O2. The lowest BCUT2D eigenvalue weighted by Gasteiger charge is -2.25. The van der Waals surface area contributed by atoms with Gasteiger partial charge in [-0.15, -0.1) is 0 Å². The van der Waals surface area contributed by atoms with Gasteiger partial charge in [-0.1, -0.05) is 18.2 Å². The Bertz CT molecular complexity index is 466. The Kier molecular flexibility index (Phi) is 3.99. The lowest BCUT2D eigenvalue weighted by Crippen LogP contribution is -2.43. The fourth-order valence-corrected chi connectivity index (χ4v) is 2.03. The number of fused-ring (bicyclic) bond motifs is 1. The molecule has 0 saturated carbocycles. The molecule has 0 aromatic heterocycles. The number of rotatable bonds is 4. The highest BCUT2D eigenvalue weighted by atomic mass is 19.3. The molecule has 0 bridgehead atoms. The van der Waals surface area contributed by atoms with Crippen LogP contribution in [0.15, 0.2) is 24.3 Å². The summed E-state index contributed by atoms with van der Waals surface area (Å²) in [6.45, 7) is -1.11. The third kappa shape index (κ3) is 3.20. The molecule has 104 valence electrons. The second-order valence-corrected chi connectivity index (χ2v) is 4.51. The minimum Gasteiger partial charge on any atom is -0.493 e. The van der Waals surface area contributed by atoms with Gasteiger partial charge in [0.1, 0.15) is 5.75 Å². The molecule has 0 aliphatic carbocycles. The smallest absolute Gasteiger partial charge is 0.277 e. The van der Waals surface area contributed by atoms with Crippen molar-refractivity contribution in [3.8, 4) is 5.75 Å². The van der Waals surface area contributed by atoms with Crippen molar-refractivity contribution in [2.24, 2.45) is 5.73 Å². The van der Waals surface area contributed by atoms with Crippen molar-refractivity contribution in [1.82, 2.24) is 5.32 Å². The molecule has 0 saturated heterocycles. The third-order valence-corrected chi connectivity index (χ3v) is 3.09. The quantitative estimate of drug-likeness (QED) is 0.865. The van der Waals surface area contributed by atoms with Gasteiger partial charge in [0.15, 0.2) is 0 Å². The van der Waals surface area contributed by atoms with Crippen molar-refractivity contribution in [2.75, 3.05) is 19.7 Å². The molecule has 2 rings (SSSR count). The lowest BCUT2D eigenvalue weighted by molar-refractivity contribution is -0.125. The Labute approximate surface area is 109 Å². The van der Waals surface area contributed by atoms with E-state index in [1.807, 2.05) is 6.07 Å². The van der Waals surface area contributed by atoms with Crippen LogP contribution in [0.1, 0.15) is 17.9 Å². The zero-order valence-electron chi connectivity index (χ0n) is 10.4. The first-order chi connectivity index (χ1) is 9.03. The Morgan fingerprint density at radius 1 is 1.47 bits per heavy atom. The van der Waals surface area contributed by atoms with Gasteiger partial charge in [-0.05, 0) is 12.5 Å². The summed E-state index contributed by atoms with van der Waals surface area (Å²) < 4.78 is 31.4. The molecule has 1 aliphatic rings. The number of hydrogen-bond donors (Lipinski definition) is 2. The SMILES string of the molecule is NCC(F)(F)CNC(=O)[C@H]1CCOc2ccccc21. The van der Waals surface area contributed by atoms with Gasteiger partial charge in [-0.25, -0.2) is 8.78 Å². The summed E-state index contributed by atoms with van der Waals surface area (Å²) in [6.07, 6.45) is 0.483. The predicted molar refractivity (Wildman–Crippen MR) is 66.3 cm³/mol. The van der Waals surface area contributed by atoms with Gasteiger partial charge < -0.3 is 15.8 Å². The Morgan fingerprint density at radius 3 is 2.95 bits per heavy atom. The molecule has 1 aromatic rings. The second-order valence-electron chi connectivity index (χ2n) is 4.51. The average molecular weight is 270 g/mol. The van der Waals surface area contributed by atoms with E-state index in [2.05, 4.69) is 5.32 Å². The number of benzene rings is 1. The van der Waals surface area contributed by atoms with Crippen LogP contribution < -0.4 is 15.8 Å². The minimum absolute atomic E-state index is 0.405. The number of amides is 1. The van der Waals surface area contributed by atoms with E-state index < -0.39 is 30.8 Å². The van der Waals surface area contributed by atoms with Crippen LogP contribution >= 0.6 is 0 Å². The van der Waals surface area contributed by atoms with Crippen molar-refractivity contribution in [1.29, 1.82) is 0 Å². The normalized spacial score (nSPS) is 18.4. The summed E-state index contributed by atoms with van der Waals surface area (Å²) in [5, 5.41) is 2.26. The molecule has 1 aliphatic heterocycles. The molecule has 19 heavy (non-hydrogen) atoms. The molecule has 0 fully saturated rings. The summed E-state index contributed by atoms with van der Waals surface area (Å²) in [6, 6.07) is 7.15. The maximum absolute atomic E-state index is 13.0. The van der Waals surface area contributed by atoms with E-state index in [0.29, 0.717) is 18.8 Å². The highest BCUT2D eigenvalue weighted by Gasteiger charge is 2.31. The van der Waals surface area contributed by atoms with Gasteiger partial charge in [-0.2, -0.15) is 0 Å². The van der Waals surface area contributed by atoms with Crippen molar-refractivity contribution >= 4 is 5.91 Å². The zero-order valence-corrected chi connectivity index (χ0v) is 10.4. The largest absolute Gasteiger partial charge is 0.493 e. The van der Waals surface area contributed by atoms with Crippen molar-refractivity contribution in [3.05, 3.63) is 29.8 Å². The number of carbonyl (C=O) groups excluding carboxylic acids is 1. The lowest BCUT2D eigenvalue weighted by atomic mass is 9.92. The van der Waals surface area contributed by atoms with Crippen LogP contribution in [0.25, 0.3) is 0 Å². The number of halogens is 2. The maximum Gasteiger partial charge on any atom is 0.277 e. The van der Waals surface area contributed by atoms with Crippen LogP contribution in [0.3, 0.4) is 0 Å². The van der Waals surface area contributed by atoms with E-state index in [1.54, 1.807) is 18.2 Å². The number of nitrogens with one attached hydrogen (secondary N) is 1. The van der Waals surface area contributed by atoms with Gasteiger partial charge >= 0.3 is 0 Å².